The number of likely N-dealkylation sites (N-methyl/N-ethyl adjacent to an activating group) is 1. The van der Waals surface area contributed by atoms with Crippen LogP contribution in [-0.4, -0.2) is 55.2 Å². The Kier molecular flexibility index (Phi) is 4.54. The first kappa shape index (κ1) is 13.7. The molecule has 0 aromatic heterocycles. The summed E-state index contributed by atoms with van der Waals surface area (Å²) in [6.07, 6.45) is 1.98. The molecule has 0 spiro atoms. The maximum Gasteiger partial charge on any atom is 0.255 e. The molecule has 1 fully saturated rings. The third kappa shape index (κ3) is 2.99. The topological polar surface area (TPSA) is 23.6 Å². The van der Waals surface area contributed by atoms with Gasteiger partial charge in [0, 0.05) is 36.1 Å². The summed E-state index contributed by atoms with van der Waals surface area (Å²) in [7, 11) is 2.08. The third-order valence-electron chi connectivity index (χ3n) is 3.18. The summed E-state index contributed by atoms with van der Waals surface area (Å²) < 4.78 is 0. The van der Waals surface area contributed by atoms with E-state index in [0.717, 1.165) is 36.6 Å². The number of amides is 1. The van der Waals surface area contributed by atoms with Gasteiger partial charge in [-0.2, -0.15) is 0 Å². The van der Waals surface area contributed by atoms with E-state index in [1.807, 2.05) is 23.3 Å². The molecule has 0 N–H and O–H groups in total. The lowest BCUT2D eigenvalue weighted by atomic mass is 10.2. The summed E-state index contributed by atoms with van der Waals surface area (Å²) in [4.78, 5) is 17.6. The first-order valence-corrected chi connectivity index (χ1v) is 7.53. The SMILES string of the molecule is CSc1ccc(Cl)cc1C(=O)N1CCN(C)CC1. The molecule has 1 heterocycles. The van der Waals surface area contributed by atoms with E-state index in [1.54, 1.807) is 17.8 Å². The van der Waals surface area contributed by atoms with Crippen LogP contribution in [0.25, 0.3) is 0 Å². The molecular weight excluding hydrogens is 268 g/mol. The molecule has 1 amide bonds. The summed E-state index contributed by atoms with van der Waals surface area (Å²) in [5, 5.41) is 0.616. The zero-order valence-electron chi connectivity index (χ0n) is 10.6. The van der Waals surface area contributed by atoms with E-state index in [1.165, 1.54) is 0 Å². The molecule has 0 bridgehead atoms. The molecule has 1 aliphatic rings. The van der Waals surface area contributed by atoms with Crippen molar-refractivity contribution in [2.45, 2.75) is 4.90 Å². The average Bonchev–Trinajstić information content (AvgIpc) is 2.39. The number of rotatable bonds is 2. The summed E-state index contributed by atoms with van der Waals surface area (Å²) in [5.74, 6) is 0.0925. The predicted molar refractivity (Wildman–Crippen MR) is 76.6 cm³/mol. The standard InChI is InChI=1S/C13H17ClN2OS/c1-15-5-7-16(8-6-15)13(17)11-9-10(14)3-4-12(11)18-2/h3-4,9H,5-8H2,1-2H3. The molecule has 0 saturated carbocycles. The van der Waals surface area contributed by atoms with Crippen LogP contribution >= 0.6 is 23.4 Å². The van der Waals surface area contributed by atoms with Crippen molar-refractivity contribution in [3.8, 4) is 0 Å². The zero-order valence-corrected chi connectivity index (χ0v) is 12.2. The Morgan fingerprint density at radius 1 is 1.28 bits per heavy atom. The minimum absolute atomic E-state index is 0.0925. The van der Waals surface area contributed by atoms with Crippen LogP contribution in [-0.2, 0) is 0 Å². The lowest BCUT2D eigenvalue weighted by Crippen LogP contribution is -2.47. The van der Waals surface area contributed by atoms with Gasteiger partial charge in [-0.25, -0.2) is 0 Å². The molecule has 1 aliphatic heterocycles. The number of benzene rings is 1. The van der Waals surface area contributed by atoms with E-state index >= 15 is 0 Å². The maximum atomic E-state index is 12.5. The minimum Gasteiger partial charge on any atom is -0.336 e. The van der Waals surface area contributed by atoms with Crippen molar-refractivity contribution < 1.29 is 4.79 Å². The fourth-order valence-electron chi connectivity index (χ4n) is 2.03. The summed E-state index contributed by atoms with van der Waals surface area (Å²) in [5.41, 5.74) is 0.722. The highest BCUT2D eigenvalue weighted by Gasteiger charge is 2.22. The molecule has 18 heavy (non-hydrogen) atoms. The molecule has 98 valence electrons. The highest BCUT2D eigenvalue weighted by atomic mass is 35.5. The molecule has 0 unspecified atom stereocenters. The highest BCUT2D eigenvalue weighted by molar-refractivity contribution is 7.98. The minimum atomic E-state index is 0.0925. The molecule has 3 nitrogen and oxygen atoms in total. The van der Waals surface area contributed by atoms with Crippen LogP contribution in [0.5, 0.6) is 0 Å². The second kappa shape index (κ2) is 5.95. The number of piperazine rings is 1. The smallest absolute Gasteiger partial charge is 0.255 e. The van der Waals surface area contributed by atoms with Crippen molar-refractivity contribution >= 4 is 29.3 Å². The Morgan fingerprint density at radius 3 is 2.56 bits per heavy atom. The number of thioether (sulfide) groups is 1. The largest absolute Gasteiger partial charge is 0.336 e. The number of hydrogen-bond acceptors (Lipinski definition) is 3. The van der Waals surface area contributed by atoms with Gasteiger partial charge in [-0.15, -0.1) is 11.8 Å². The molecule has 1 aromatic carbocycles. The van der Waals surface area contributed by atoms with Crippen LogP contribution in [0.4, 0.5) is 0 Å². The number of carbonyl (C=O) groups is 1. The molecule has 0 atom stereocenters. The van der Waals surface area contributed by atoms with E-state index in [2.05, 4.69) is 11.9 Å². The van der Waals surface area contributed by atoms with Crippen LogP contribution in [0.3, 0.4) is 0 Å². The van der Waals surface area contributed by atoms with Crippen molar-refractivity contribution in [3.63, 3.8) is 0 Å². The molecule has 0 radical (unpaired) electrons. The molecule has 2 rings (SSSR count). The Morgan fingerprint density at radius 2 is 1.94 bits per heavy atom. The monoisotopic (exact) mass is 284 g/mol. The number of hydrogen-bond donors (Lipinski definition) is 0. The van der Waals surface area contributed by atoms with Crippen molar-refractivity contribution in [1.29, 1.82) is 0 Å². The van der Waals surface area contributed by atoms with E-state index < -0.39 is 0 Å². The molecule has 0 aliphatic carbocycles. The summed E-state index contributed by atoms with van der Waals surface area (Å²) in [6.45, 7) is 3.44. The summed E-state index contributed by atoms with van der Waals surface area (Å²) >= 11 is 7.57. The van der Waals surface area contributed by atoms with Gasteiger partial charge in [0.25, 0.3) is 5.91 Å². The van der Waals surface area contributed by atoms with Gasteiger partial charge >= 0.3 is 0 Å². The van der Waals surface area contributed by atoms with E-state index in [9.17, 15) is 4.79 Å². The first-order valence-electron chi connectivity index (χ1n) is 5.93. The van der Waals surface area contributed by atoms with E-state index in [4.69, 9.17) is 11.6 Å². The Bertz CT molecular complexity index is 445. The number of halogens is 1. The Labute approximate surface area is 117 Å². The van der Waals surface area contributed by atoms with Crippen LogP contribution in [0.2, 0.25) is 5.02 Å². The molecule has 1 aromatic rings. The van der Waals surface area contributed by atoms with Crippen molar-refractivity contribution in [2.75, 3.05) is 39.5 Å². The van der Waals surface area contributed by atoms with E-state index in [-0.39, 0.29) is 5.91 Å². The quantitative estimate of drug-likeness (QED) is 0.780. The van der Waals surface area contributed by atoms with Crippen LogP contribution < -0.4 is 0 Å². The normalized spacial score (nSPS) is 16.9. The average molecular weight is 285 g/mol. The van der Waals surface area contributed by atoms with Gasteiger partial charge in [0.2, 0.25) is 0 Å². The van der Waals surface area contributed by atoms with Crippen LogP contribution in [0.1, 0.15) is 10.4 Å². The fourth-order valence-corrected chi connectivity index (χ4v) is 2.77. The van der Waals surface area contributed by atoms with Crippen molar-refractivity contribution in [3.05, 3.63) is 28.8 Å². The predicted octanol–water partition coefficient (Wildman–Crippen LogP) is 2.45. The zero-order chi connectivity index (χ0) is 13.1. The Balaban J connectivity index is 2.20. The molecule has 1 saturated heterocycles. The highest BCUT2D eigenvalue weighted by Crippen LogP contribution is 2.25. The van der Waals surface area contributed by atoms with Crippen LogP contribution in [0.15, 0.2) is 23.1 Å². The first-order chi connectivity index (χ1) is 8.61. The van der Waals surface area contributed by atoms with Gasteiger partial charge in [0.15, 0.2) is 0 Å². The third-order valence-corrected chi connectivity index (χ3v) is 4.21. The van der Waals surface area contributed by atoms with Gasteiger partial charge in [0.05, 0.1) is 5.56 Å². The Hall–Kier alpha value is -0.710. The van der Waals surface area contributed by atoms with Crippen LogP contribution in [0, 0.1) is 0 Å². The van der Waals surface area contributed by atoms with E-state index in [0.29, 0.717) is 5.02 Å². The number of nitrogens with zero attached hydrogens (tertiary/aromatic N) is 2. The van der Waals surface area contributed by atoms with Gasteiger partial charge in [-0.1, -0.05) is 11.6 Å². The van der Waals surface area contributed by atoms with Gasteiger partial charge < -0.3 is 9.80 Å². The lowest BCUT2D eigenvalue weighted by molar-refractivity contribution is 0.0660. The second-order valence-electron chi connectivity index (χ2n) is 4.44. The molecular formula is C13H17ClN2OS. The van der Waals surface area contributed by atoms with Gasteiger partial charge in [-0.3, -0.25) is 4.79 Å². The van der Waals surface area contributed by atoms with Crippen molar-refractivity contribution in [1.82, 2.24) is 9.80 Å². The van der Waals surface area contributed by atoms with Gasteiger partial charge in [0.1, 0.15) is 0 Å². The fraction of sp³-hybridized carbons (Fsp3) is 0.462. The maximum absolute atomic E-state index is 12.5. The second-order valence-corrected chi connectivity index (χ2v) is 5.72. The summed E-state index contributed by atoms with van der Waals surface area (Å²) in [6, 6.07) is 5.51. The number of carbonyl (C=O) groups excluding carboxylic acids is 1. The molecule has 5 heteroatoms. The lowest BCUT2D eigenvalue weighted by Gasteiger charge is -2.32. The van der Waals surface area contributed by atoms with Crippen molar-refractivity contribution in [2.24, 2.45) is 0 Å². The van der Waals surface area contributed by atoms with Gasteiger partial charge in [-0.05, 0) is 31.5 Å².